The van der Waals surface area contributed by atoms with Crippen molar-refractivity contribution in [2.24, 2.45) is 22.9 Å². The van der Waals surface area contributed by atoms with Crippen LogP contribution in [0.3, 0.4) is 0 Å². The summed E-state index contributed by atoms with van der Waals surface area (Å²) in [6.07, 6.45) is 6.88. The Labute approximate surface area is 128 Å². The summed E-state index contributed by atoms with van der Waals surface area (Å²) in [6.45, 7) is 1.65. The minimum absolute atomic E-state index is 0.0512. The molecule has 2 aliphatic carbocycles. The maximum Gasteiger partial charge on any atom is 0.273 e. The highest BCUT2D eigenvalue weighted by atomic mass is 16.6. The van der Waals surface area contributed by atoms with Gasteiger partial charge in [0.25, 0.3) is 11.6 Å². The number of aryl methyl sites for hydroxylation is 1. The Morgan fingerprint density at radius 3 is 2.86 bits per heavy atom. The number of hydrogen-bond donors (Lipinski definition) is 1. The Bertz CT molecular complexity index is 642. The van der Waals surface area contributed by atoms with E-state index in [1.807, 2.05) is 6.21 Å². The molecule has 0 radical (unpaired) electrons. The molecule has 1 N–H and O–H groups in total. The zero-order valence-electron chi connectivity index (χ0n) is 12.5. The molecule has 116 valence electrons. The molecule has 22 heavy (non-hydrogen) atoms. The van der Waals surface area contributed by atoms with E-state index >= 15 is 0 Å². The first kappa shape index (κ1) is 14.7. The van der Waals surface area contributed by atoms with E-state index in [0.29, 0.717) is 17.4 Å². The lowest BCUT2D eigenvalue weighted by Gasteiger charge is -2.16. The number of nitro groups is 1. The van der Waals surface area contributed by atoms with E-state index in [1.165, 1.54) is 31.7 Å². The van der Waals surface area contributed by atoms with Crippen LogP contribution in [0, 0.1) is 34.8 Å². The van der Waals surface area contributed by atoms with Crippen LogP contribution in [0.1, 0.15) is 41.6 Å². The molecule has 2 saturated carbocycles. The van der Waals surface area contributed by atoms with Crippen LogP contribution in [0.15, 0.2) is 23.3 Å². The third-order valence-electron chi connectivity index (χ3n) is 4.89. The predicted molar refractivity (Wildman–Crippen MR) is 82.7 cm³/mol. The first-order valence-corrected chi connectivity index (χ1v) is 7.63. The van der Waals surface area contributed by atoms with Gasteiger partial charge in [-0.2, -0.15) is 5.10 Å². The van der Waals surface area contributed by atoms with Crippen molar-refractivity contribution in [2.45, 2.75) is 32.6 Å². The van der Waals surface area contributed by atoms with Crippen LogP contribution >= 0.6 is 0 Å². The van der Waals surface area contributed by atoms with E-state index in [0.717, 1.165) is 5.92 Å². The van der Waals surface area contributed by atoms with Crippen molar-refractivity contribution >= 4 is 17.8 Å². The summed E-state index contributed by atoms with van der Waals surface area (Å²) >= 11 is 0. The Morgan fingerprint density at radius 1 is 1.41 bits per heavy atom. The van der Waals surface area contributed by atoms with Crippen molar-refractivity contribution in [1.29, 1.82) is 0 Å². The highest BCUT2D eigenvalue weighted by Gasteiger charge is 2.38. The number of hydrazone groups is 1. The summed E-state index contributed by atoms with van der Waals surface area (Å²) in [4.78, 5) is 22.4. The summed E-state index contributed by atoms with van der Waals surface area (Å²) in [7, 11) is 0. The van der Waals surface area contributed by atoms with E-state index in [9.17, 15) is 14.9 Å². The molecule has 0 unspecified atom stereocenters. The first-order chi connectivity index (χ1) is 10.5. The monoisotopic (exact) mass is 301 g/mol. The summed E-state index contributed by atoms with van der Waals surface area (Å²) in [5.74, 6) is 1.59. The number of nitrogens with one attached hydrogen (secondary N) is 1. The molecule has 0 spiro atoms. The van der Waals surface area contributed by atoms with Crippen molar-refractivity contribution in [3.8, 4) is 0 Å². The van der Waals surface area contributed by atoms with E-state index < -0.39 is 10.8 Å². The fraction of sp³-hybridized carbons (Fsp3) is 0.500. The second kappa shape index (κ2) is 5.87. The van der Waals surface area contributed by atoms with Gasteiger partial charge in [0, 0.05) is 23.4 Å². The molecule has 6 nitrogen and oxygen atoms in total. The molecular formula is C16H19N3O3. The van der Waals surface area contributed by atoms with Crippen LogP contribution < -0.4 is 5.43 Å². The third kappa shape index (κ3) is 2.86. The number of nitrogens with zero attached hydrogens (tertiary/aromatic N) is 2. The fourth-order valence-corrected chi connectivity index (χ4v) is 3.68. The lowest BCUT2D eigenvalue weighted by Crippen LogP contribution is -2.20. The zero-order chi connectivity index (χ0) is 15.7. The van der Waals surface area contributed by atoms with Crippen LogP contribution in [0.25, 0.3) is 0 Å². The average molecular weight is 301 g/mol. The van der Waals surface area contributed by atoms with Crippen LogP contribution in [0.4, 0.5) is 5.69 Å². The largest absolute Gasteiger partial charge is 0.273 e. The molecule has 2 bridgehead atoms. The van der Waals surface area contributed by atoms with Crippen molar-refractivity contribution in [1.82, 2.24) is 5.43 Å². The molecule has 1 aromatic rings. The van der Waals surface area contributed by atoms with Gasteiger partial charge in [0.1, 0.15) is 0 Å². The van der Waals surface area contributed by atoms with Crippen molar-refractivity contribution in [3.05, 3.63) is 39.4 Å². The lowest BCUT2D eigenvalue weighted by atomic mass is 9.90. The number of carbonyl (C=O) groups is 1. The van der Waals surface area contributed by atoms with Gasteiger partial charge >= 0.3 is 0 Å². The van der Waals surface area contributed by atoms with Crippen molar-refractivity contribution < 1.29 is 9.72 Å². The molecule has 0 saturated heterocycles. The van der Waals surface area contributed by atoms with Gasteiger partial charge in [0.2, 0.25) is 0 Å². The van der Waals surface area contributed by atoms with Gasteiger partial charge in [-0.3, -0.25) is 14.9 Å². The summed E-state index contributed by atoms with van der Waals surface area (Å²) in [6, 6.07) is 4.44. The summed E-state index contributed by atoms with van der Waals surface area (Å²) in [5, 5.41) is 15.0. The number of fused-ring (bicyclic) bond motifs is 2. The zero-order valence-corrected chi connectivity index (χ0v) is 12.5. The summed E-state index contributed by atoms with van der Waals surface area (Å²) in [5.41, 5.74) is 3.21. The SMILES string of the molecule is Cc1ccc(C(=O)N/N=C\[C@H]2C[C@@H]3CC[C@@H]2C3)cc1[N+](=O)[O-]. The number of hydrogen-bond acceptors (Lipinski definition) is 4. The Balaban J connectivity index is 1.62. The molecule has 3 atom stereocenters. The molecule has 2 aliphatic rings. The molecule has 1 aromatic carbocycles. The topological polar surface area (TPSA) is 84.6 Å². The maximum atomic E-state index is 12.0. The molecule has 2 fully saturated rings. The van der Waals surface area contributed by atoms with Gasteiger partial charge in [0.15, 0.2) is 0 Å². The molecule has 0 aliphatic heterocycles. The highest BCUT2D eigenvalue weighted by molar-refractivity contribution is 5.95. The Kier molecular flexibility index (Phi) is 3.92. The van der Waals surface area contributed by atoms with Gasteiger partial charge in [-0.05, 0) is 50.0 Å². The van der Waals surface area contributed by atoms with Crippen LogP contribution in [0.2, 0.25) is 0 Å². The van der Waals surface area contributed by atoms with Crippen LogP contribution in [0.5, 0.6) is 0 Å². The second-order valence-corrected chi connectivity index (χ2v) is 6.32. The van der Waals surface area contributed by atoms with E-state index in [2.05, 4.69) is 10.5 Å². The number of nitro benzene ring substituents is 1. The smallest absolute Gasteiger partial charge is 0.267 e. The van der Waals surface area contributed by atoms with Crippen LogP contribution in [-0.4, -0.2) is 17.0 Å². The van der Waals surface area contributed by atoms with E-state index in [4.69, 9.17) is 0 Å². The number of benzene rings is 1. The van der Waals surface area contributed by atoms with Gasteiger partial charge in [-0.15, -0.1) is 0 Å². The lowest BCUT2D eigenvalue weighted by molar-refractivity contribution is -0.385. The Hall–Kier alpha value is -2.24. The van der Waals surface area contributed by atoms with E-state index in [-0.39, 0.29) is 11.3 Å². The molecule has 0 heterocycles. The minimum Gasteiger partial charge on any atom is -0.267 e. The molecule has 3 rings (SSSR count). The molecule has 1 amide bonds. The molecule has 0 aromatic heterocycles. The van der Waals surface area contributed by atoms with Gasteiger partial charge < -0.3 is 0 Å². The minimum atomic E-state index is -0.482. The third-order valence-corrected chi connectivity index (χ3v) is 4.89. The van der Waals surface area contributed by atoms with Gasteiger partial charge in [-0.25, -0.2) is 5.43 Å². The fourth-order valence-electron chi connectivity index (χ4n) is 3.68. The van der Waals surface area contributed by atoms with Crippen LogP contribution in [-0.2, 0) is 0 Å². The molecule has 6 heteroatoms. The van der Waals surface area contributed by atoms with Gasteiger partial charge in [0.05, 0.1) is 4.92 Å². The predicted octanol–water partition coefficient (Wildman–Crippen LogP) is 3.06. The number of amides is 1. The Morgan fingerprint density at radius 2 is 2.23 bits per heavy atom. The average Bonchev–Trinajstić information content (AvgIpc) is 3.10. The van der Waals surface area contributed by atoms with Gasteiger partial charge in [-0.1, -0.05) is 12.5 Å². The van der Waals surface area contributed by atoms with Crippen molar-refractivity contribution in [3.63, 3.8) is 0 Å². The standard InChI is InChI=1S/C16H19N3O3/c1-10-2-4-13(8-15(10)19(21)22)16(20)18-17-9-14-7-11-3-5-12(14)6-11/h2,4,8-9,11-12,14H,3,5-7H2,1H3,(H,18,20)/b17-9-/t11-,12-,14-/m1/s1. The quantitative estimate of drug-likeness (QED) is 0.527. The molecular weight excluding hydrogens is 282 g/mol. The highest BCUT2D eigenvalue weighted by Crippen LogP contribution is 2.47. The maximum absolute atomic E-state index is 12.0. The first-order valence-electron chi connectivity index (χ1n) is 7.63. The normalized spacial score (nSPS) is 26.5. The van der Waals surface area contributed by atoms with E-state index in [1.54, 1.807) is 19.1 Å². The summed E-state index contributed by atoms with van der Waals surface area (Å²) < 4.78 is 0. The number of carbonyl (C=O) groups excluding carboxylic acids is 1. The van der Waals surface area contributed by atoms with Crippen molar-refractivity contribution in [2.75, 3.05) is 0 Å². The number of rotatable bonds is 4. The second-order valence-electron chi connectivity index (χ2n) is 6.32.